The monoisotopic (exact) mass is 390 g/mol. The van der Waals surface area contributed by atoms with E-state index in [9.17, 15) is 9.59 Å². The van der Waals surface area contributed by atoms with Crippen LogP contribution in [0.25, 0.3) is 21.5 Å². The minimum Gasteiger partial charge on any atom is -0.341 e. The summed E-state index contributed by atoms with van der Waals surface area (Å²) in [5.41, 5.74) is 2.91. The average Bonchev–Trinajstić information content (AvgIpc) is 3.31. The lowest BCUT2D eigenvalue weighted by Crippen LogP contribution is -2.33. The van der Waals surface area contributed by atoms with Gasteiger partial charge in [-0.1, -0.05) is 72.8 Å². The molecule has 0 radical (unpaired) electrons. The summed E-state index contributed by atoms with van der Waals surface area (Å²) in [5.74, 6) is -0.362. The van der Waals surface area contributed by atoms with E-state index in [1.807, 2.05) is 72.8 Å². The maximum Gasteiger partial charge on any atom is 0.250 e. The van der Waals surface area contributed by atoms with Gasteiger partial charge in [0.05, 0.1) is 23.2 Å². The summed E-state index contributed by atoms with van der Waals surface area (Å²) < 4.78 is 0. The van der Waals surface area contributed by atoms with Gasteiger partial charge >= 0.3 is 0 Å². The van der Waals surface area contributed by atoms with E-state index in [0.717, 1.165) is 32.7 Å². The maximum absolute atomic E-state index is 12.9. The van der Waals surface area contributed by atoms with Gasteiger partial charge < -0.3 is 10.6 Å². The van der Waals surface area contributed by atoms with Crippen LogP contribution in [-0.2, 0) is 9.59 Å². The molecule has 2 heterocycles. The highest BCUT2D eigenvalue weighted by molar-refractivity contribution is 6.14. The van der Waals surface area contributed by atoms with Crippen LogP contribution in [0.5, 0.6) is 0 Å². The number of hydrogen-bond acceptors (Lipinski definition) is 2. The lowest BCUT2D eigenvalue weighted by molar-refractivity contribution is -0.118. The Morgan fingerprint density at radius 1 is 0.500 bits per heavy atom. The van der Waals surface area contributed by atoms with E-state index in [2.05, 4.69) is 22.8 Å². The average molecular weight is 390 g/mol. The number of fused-ring (bicyclic) bond motifs is 2. The van der Waals surface area contributed by atoms with Crippen LogP contribution >= 0.6 is 0 Å². The Labute approximate surface area is 173 Å². The second-order valence-electron chi connectivity index (χ2n) is 7.85. The van der Waals surface area contributed by atoms with Crippen molar-refractivity contribution in [2.24, 2.45) is 0 Å². The summed E-state index contributed by atoms with van der Waals surface area (Å²) >= 11 is 0. The molecule has 30 heavy (non-hydrogen) atoms. The predicted octanol–water partition coefficient (Wildman–Crippen LogP) is 4.33. The number of nitrogens with one attached hydrogen (secondary N) is 2. The second kappa shape index (κ2) is 6.29. The number of amides is 2. The maximum atomic E-state index is 12.9. The van der Waals surface area contributed by atoms with Crippen molar-refractivity contribution in [3.8, 4) is 0 Å². The number of carbonyl (C=O) groups is 2. The topological polar surface area (TPSA) is 58.2 Å². The van der Waals surface area contributed by atoms with Crippen molar-refractivity contribution in [1.29, 1.82) is 0 Å². The third kappa shape index (κ3) is 2.47. The summed E-state index contributed by atoms with van der Waals surface area (Å²) in [7, 11) is 0. The zero-order valence-corrected chi connectivity index (χ0v) is 16.1. The smallest absolute Gasteiger partial charge is 0.250 e. The number of benzene rings is 4. The molecule has 144 valence electrons. The molecular weight excluding hydrogens is 372 g/mol. The SMILES string of the molecule is O=C1NC(c2ccc3ccccc3c2)C2=C1C(c1ccc3ccccc3c1)NC2=O. The lowest BCUT2D eigenvalue weighted by atomic mass is 9.93. The largest absolute Gasteiger partial charge is 0.341 e. The van der Waals surface area contributed by atoms with Gasteiger partial charge in [0.1, 0.15) is 0 Å². The Morgan fingerprint density at radius 2 is 0.900 bits per heavy atom. The molecule has 2 atom stereocenters. The van der Waals surface area contributed by atoms with Gasteiger partial charge in [-0.25, -0.2) is 0 Å². The normalized spacial score (nSPS) is 20.5. The first-order valence-corrected chi connectivity index (χ1v) is 10.0. The Bertz CT molecular complexity index is 1300. The van der Waals surface area contributed by atoms with Crippen molar-refractivity contribution in [2.75, 3.05) is 0 Å². The van der Waals surface area contributed by atoms with Gasteiger partial charge in [0.15, 0.2) is 0 Å². The molecule has 2 aliphatic heterocycles. The molecule has 0 saturated heterocycles. The quantitative estimate of drug-likeness (QED) is 0.535. The van der Waals surface area contributed by atoms with Crippen LogP contribution in [0.2, 0.25) is 0 Å². The van der Waals surface area contributed by atoms with Crippen LogP contribution in [0, 0.1) is 0 Å². The minimum absolute atomic E-state index is 0.181. The van der Waals surface area contributed by atoms with Gasteiger partial charge in [-0.3, -0.25) is 9.59 Å². The number of hydrogen-bond donors (Lipinski definition) is 2. The molecule has 4 heteroatoms. The van der Waals surface area contributed by atoms with Crippen LogP contribution in [0.15, 0.2) is 96.1 Å². The summed E-state index contributed by atoms with van der Waals surface area (Å²) in [4.78, 5) is 25.9. The molecule has 2 unspecified atom stereocenters. The Hall–Kier alpha value is -3.92. The van der Waals surface area contributed by atoms with Gasteiger partial charge in [0.2, 0.25) is 0 Å². The van der Waals surface area contributed by atoms with E-state index >= 15 is 0 Å². The van der Waals surface area contributed by atoms with E-state index < -0.39 is 12.1 Å². The zero-order valence-electron chi connectivity index (χ0n) is 16.1. The van der Waals surface area contributed by atoms with E-state index in [1.54, 1.807) is 0 Å². The van der Waals surface area contributed by atoms with Crippen molar-refractivity contribution in [1.82, 2.24) is 10.6 Å². The van der Waals surface area contributed by atoms with E-state index in [0.29, 0.717) is 11.1 Å². The highest BCUT2D eigenvalue weighted by Gasteiger charge is 2.46. The first kappa shape index (κ1) is 17.0. The number of carbonyl (C=O) groups excluding carboxylic acids is 2. The van der Waals surface area contributed by atoms with Crippen molar-refractivity contribution >= 4 is 33.4 Å². The molecule has 0 aromatic heterocycles. The molecule has 0 aliphatic carbocycles. The van der Waals surface area contributed by atoms with Crippen LogP contribution in [0.1, 0.15) is 23.2 Å². The molecule has 4 aromatic rings. The molecule has 0 bridgehead atoms. The molecule has 2 N–H and O–H groups in total. The third-order valence-electron chi connectivity index (χ3n) is 6.12. The van der Waals surface area contributed by atoms with E-state index in [4.69, 9.17) is 0 Å². The van der Waals surface area contributed by atoms with Crippen LogP contribution in [0.3, 0.4) is 0 Å². The van der Waals surface area contributed by atoms with Gasteiger partial charge in [0, 0.05) is 0 Å². The molecule has 0 fully saturated rings. The fourth-order valence-corrected chi connectivity index (χ4v) is 4.65. The van der Waals surface area contributed by atoms with Crippen molar-refractivity contribution < 1.29 is 9.59 Å². The Morgan fingerprint density at radius 3 is 1.33 bits per heavy atom. The molecule has 4 aromatic carbocycles. The summed E-state index contributed by atoms with van der Waals surface area (Å²) in [6.07, 6.45) is 0. The van der Waals surface area contributed by atoms with Gasteiger partial charge in [-0.05, 0) is 44.8 Å². The third-order valence-corrected chi connectivity index (χ3v) is 6.12. The highest BCUT2D eigenvalue weighted by atomic mass is 16.2. The lowest BCUT2D eigenvalue weighted by Gasteiger charge is -2.18. The number of rotatable bonds is 2. The fourth-order valence-electron chi connectivity index (χ4n) is 4.65. The minimum atomic E-state index is -0.428. The van der Waals surface area contributed by atoms with Gasteiger partial charge in [-0.15, -0.1) is 0 Å². The van der Waals surface area contributed by atoms with Crippen molar-refractivity contribution in [3.05, 3.63) is 107 Å². The fraction of sp³-hybridized carbons (Fsp3) is 0.0769. The molecular formula is C26H18N2O2. The predicted molar refractivity (Wildman–Crippen MR) is 117 cm³/mol. The Balaban J connectivity index is 1.45. The summed E-state index contributed by atoms with van der Waals surface area (Å²) in [6, 6.07) is 27.4. The zero-order chi connectivity index (χ0) is 20.2. The molecule has 2 aliphatic rings. The Kier molecular flexibility index (Phi) is 3.56. The molecule has 6 rings (SSSR count). The molecule has 0 saturated carbocycles. The molecule has 0 spiro atoms. The van der Waals surface area contributed by atoms with Crippen LogP contribution in [-0.4, -0.2) is 11.8 Å². The van der Waals surface area contributed by atoms with E-state index in [-0.39, 0.29) is 11.8 Å². The van der Waals surface area contributed by atoms with Gasteiger partial charge in [0.25, 0.3) is 11.8 Å². The standard InChI is InChI=1S/C26H18N2O2/c29-25-21-22(24(28-25)20-12-10-16-6-2-4-8-18(16)14-20)26(30)27-23(21)19-11-9-15-5-1-3-7-17(15)13-19/h1-14,23-24H,(H,27,30)(H,28,29). The van der Waals surface area contributed by atoms with Crippen molar-refractivity contribution in [3.63, 3.8) is 0 Å². The van der Waals surface area contributed by atoms with Crippen LogP contribution in [0.4, 0.5) is 0 Å². The van der Waals surface area contributed by atoms with E-state index in [1.165, 1.54) is 0 Å². The first-order valence-electron chi connectivity index (χ1n) is 10.0. The summed E-state index contributed by atoms with van der Waals surface area (Å²) in [5, 5.41) is 10.5. The van der Waals surface area contributed by atoms with Crippen LogP contribution < -0.4 is 10.6 Å². The van der Waals surface area contributed by atoms with Crippen molar-refractivity contribution in [2.45, 2.75) is 12.1 Å². The summed E-state index contributed by atoms with van der Waals surface area (Å²) in [6.45, 7) is 0. The second-order valence-corrected chi connectivity index (χ2v) is 7.85. The highest BCUT2D eigenvalue weighted by Crippen LogP contribution is 2.41. The van der Waals surface area contributed by atoms with Gasteiger partial charge in [-0.2, -0.15) is 0 Å². The first-order chi connectivity index (χ1) is 14.7. The molecule has 2 amide bonds. The molecule has 4 nitrogen and oxygen atoms in total.